The molecule has 4 amide bonds. The van der Waals surface area contributed by atoms with E-state index in [0.717, 1.165) is 6.07 Å². The lowest BCUT2D eigenvalue weighted by Gasteiger charge is -2.23. The van der Waals surface area contributed by atoms with E-state index in [9.17, 15) is 34.4 Å². The molecule has 13 nitrogen and oxygen atoms in total. The zero-order valence-electron chi connectivity index (χ0n) is 16.3. The number of primary amides is 1. The number of nitrogens with one attached hydrogen (secondary N) is 4. The molecule has 7 N–H and O–H groups in total. The van der Waals surface area contributed by atoms with Gasteiger partial charge in [-0.05, 0) is 35.9 Å². The van der Waals surface area contributed by atoms with E-state index < -0.39 is 53.3 Å². The van der Waals surface area contributed by atoms with Crippen molar-refractivity contribution in [3.8, 4) is 0 Å². The zero-order chi connectivity index (χ0) is 23.3. The van der Waals surface area contributed by atoms with Gasteiger partial charge in [-0.3, -0.25) is 29.3 Å². The van der Waals surface area contributed by atoms with Crippen molar-refractivity contribution in [3.05, 3.63) is 31.4 Å². The molecular weight excluding hydrogens is 527 g/mol. The maximum absolute atomic E-state index is 12.9. The van der Waals surface area contributed by atoms with Crippen LogP contribution in [0.5, 0.6) is 0 Å². The summed E-state index contributed by atoms with van der Waals surface area (Å²) in [5, 5.41) is 31.1. The van der Waals surface area contributed by atoms with E-state index in [1.54, 1.807) is 22.6 Å². The largest absolute Gasteiger partial charge is 0.391 e. The van der Waals surface area contributed by atoms with Crippen LogP contribution in [0.2, 0.25) is 0 Å². The third-order valence-electron chi connectivity index (χ3n) is 4.42. The minimum absolute atomic E-state index is 0.0550. The first-order valence-corrected chi connectivity index (χ1v) is 10.2. The number of hydrogen-bond acceptors (Lipinski definition) is 8. The lowest BCUT2D eigenvalue weighted by atomic mass is 10.1. The number of anilines is 1. The van der Waals surface area contributed by atoms with E-state index in [1.807, 2.05) is 0 Å². The summed E-state index contributed by atoms with van der Waals surface area (Å²) in [5.74, 6) is -3.19. The third kappa shape index (κ3) is 6.24. The standard InChI is InChI=1S/C17H21IN6O7/c1-7(25)13-17(29)21-6-12(26)22-11(15(19)27)2-3-20-14-9(16(28)23-13)4-8(24(30)31)5-10(14)18/h4-5,7,11,13,20,25H,2-3,6H2,1H3,(H2,19,27)(H,21,29)(H,22,26)(H,23,28)/t7-,11+,13+/m1/s1. The van der Waals surface area contributed by atoms with Crippen LogP contribution in [0.4, 0.5) is 11.4 Å². The van der Waals surface area contributed by atoms with Crippen LogP contribution in [0.25, 0.3) is 0 Å². The second kappa shape index (κ2) is 10.3. The van der Waals surface area contributed by atoms with Crippen LogP contribution in [-0.2, 0) is 14.4 Å². The summed E-state index contributed by atoms with van der Waals surface area (Å²) in [6.45, 7) is 0.830. The Hall–Kier alpha value is -3.01. The number of carbonyl (C=O) groups excluding carboxylic acids is 4. The van der Waals surface area contributed by atoms with E-state index in [-0.39, 0.29) is 29.9 Å². The Bertz CT molecular complexity index is 922. The summed E-state index contributed by atoms with van der Waals surface area (Å²) < 4.78 is 0.335. The van der Waals surface area contributed by atoms with Gasteiger partial charge in [0, 0.05) is 22.2 Å². The Morgan fingerprint density at radius 3 is 2.55 bits per heavy atom. The highest BCUT2D eigenvalue weighted by atomic mass is 127. The number of nitrogens with two attached hydrogens (primary N) is 1. The number of carbonyl (C=O) groups is 4. The summed E-state index contributed by atoms with van der Waals surface area (Å²) in [7, 11) is 0. The Balaban J connectivity index is 2.51. The molecule has 1 aliphatic rings. The number of benzene rings is 1. The molecule has 1 aromatic rings. The molecule has 0 bridgehead atoms. The van der Waals surface area contributed by atoms with Gasteiger partial charge in [-0.1, -0.05) is 0 Å². The van der Waals surface area contributed by atoms with Gasteiger partial charge in [0.2, 0.25) is 17.7 Å². The lowest BCUT2D eigenvalue weighted by molar-refractivity contribution is -0.384. The van der Waals surface area contributed by atoms with Gasteiger partial charge in [-0.15, -0.1) is 0 Å². The van der Waals surface area contributed by atoms with Crippen molar-refractivity contribution in [3.63, 3.8) is 0 Å². The molecule has 31 heavy (non-hydrogen) atoms. The number of amides is 4. The number of non-ortho nitro benzene ring substituents is 1. The zero-order valence-corrected chi connectivity index (χ0v) is 18.5. The molecule has 0 radical (unpaired) electrons. The predicted octanol–water partition coefficient (Wildman–Crippen LogP) is -1.42. The molecule has 0 spiro atoms. The van der Waals surface area contributed by atoms with Gasteiger partial charge in [-0.2, -0.15) is 0 Å². The molecular formula is C17H21IN6O7. The van der Waals surface area contributed by atoms with Gasteiger partial charge >= 0.3 is 0 Å². The Morgan fingerprint density at radius 1 is 1.29 bits per heavy atom. The van der Waals surface area contributed by atoms with Crippen molar-refractivity contribution in [2.45, 2.75) is 31.5 Å². The minimum atomic E-state index is -1.44. The van der Waals surface area contributed by atoms with Crippen molar-refractivity contribution >= 4 is 57.6 Å². The number of nitrogens with zero attached hydrogens (tertiary/aromatic N) is 1. The molecule has 0 unspecified atom stereocenters. The summed E-state index contributed by atoms with van der Waals surface area (Å²) >= 11 is 1.80. The van der Waals surface area contributed by atoms with Crippen LogP contribution in [0, 0.1) is 13.7 Å². The number of fused-ring (bicyclic) bond motifs is 1. The molecule has 0 fully saturated rings. The van der Waals surface area contributed by atoms with Crippen LogP contribution >= 0.6 is 22.6 Å². The molecule has 1 aliphatic heterocycles. The fourth-order valence-electron chi connectivity index (χ4n) is 2.83. The smallest absolute Gasteiger partial charge is 0.271 e. The van der Waals surface area contributed by atoms with Crippen LogP contribution in [0.3, 0.4) is 0 Å². The number of nitro groups is 1. The van der Waals surface area contributed by atoms with Crippen molar-refractivity contribution in [2.24, 2.45) is 5.73 Å². The first-order chi connectivity index (χ1) is 14.5. The van der Waals surface area contributed by atoms with Crippen molar-refractivity contribution in [2.75, 3.05) is 18.4 Å². The molecule has 0 aromatic heterocycles. The molecule has 2 rings (SSSR count). The first kappa shape index (κ1) is 24.3. The summed E-state index contributed by atoms with van der Waals surface area (Å²) in [6.07, 6.45) is -1.29. The SMILES string of the molecule is C[C@@H](O)[C@@H]1NC(=O)c2cc([N+](=O)[O-])cc(I)c2NCC[C@@H](C(N)=O)NC(=O)CNC1=O. The highest BCUT2D eigenvalue weighted by Crippen LogP contribution is 2.29. The number of nitro benzene ring substituents is 1. The Labute approximate surface area is 189 Å². The predicted molar refractivity (Wildman–Crippen MR) is 116 cm³/mol. The molecule has 14 heteroatoms. The minimum Gasteiger partial charge on any atom is -0.391 e. The van der Waals surface area contributed by atoms with Crippen LogP contribution in [-0.4, -0.2) is 64.9 Å². The molecule has 0 saturated heterocycles. The summed E-state index contributed by atoms with van der Waals surface area (Å²) in [5.41, 5.74) is 5.06. The first-order valence-electron chi connectivity index (χ1n) is 9.08. The van der Waals surface area contributed by atoms with Gasteiger partial charge in [0.25, 0.3) is 11.6 Å². The highest BCUT2D eigenvalue weighted by molar-refractivity contribution is 14.1. The number of rotatable bonds is 3. The maximum atomic E-state index is 12.9. The molecule has 3 atom stereocenters. The second-order valence-corrected chi connectivity index (χ2v) is 7.92. The molecule has 1 aromatic carbocycles. The van der Waals surface area contributed by atoms with Crippen molar-refractivity contribution < 1.29 is 29.2 Å². The molecule has 0 aliphatic carbocycles. The van der Waals surface area contributed by atoms with Gasteiger partial charge < -0.3 is 32.1 Å². The molecule has 0 saturated carbocycles. The number of aliphatic hydroxyl groups excluding tert-OH is 1. The average Bonchev–Trinajstić information content (AvgIpc) is 2.68. The fourth-order valence-corrected chi connectivity index (χ4v) is 3.63. The van der Waals surface area contributed by atoms with E-state index in [1.165, 1.54) is 13.0 Å². The molecule has 168 valence electrons. The van der Waals surface area contributed by atoms with Crippen LogP contribution in [0.1, 0.15) is 23.7 Å². The monoisotopic (exact) mass is 548 g/mol. The Kier molecular flexibility index (Phi) is 8.09. The van der Waals surface area contributed by atoms with Gasteiger partial charge in [-0.25, -0.2) is 0 Å². The van der Waals surface area contributed by atoms with Crippen molar-refractivity contribution in [1.82, 2.24) is 16.0 Å². The highest BCUT2D eigenvalue weighted by Gasteiger charge is 2.29. The van der Waals surface area contributed by atoms with E-state index in [0.29, 0.717) is 3.57 Å². The van der Waals surface area contributed by atoms with E-state index in [4.69, 9.17) is 5.73 Å². The second-order valence-electron chi connectivity index (χ2n) is 6.75. The topological polar surface area (TPSA) is 206 Å². The summed E-state index contributed by atoms with van der Waals surface area (Å²) in [6, 6.07) is -0.217. The number of aliphatic hydroxyl groups is 1. The van der Waals surface area contributed by atoms with E-state index >= 15 is 0 Å². The van der Waals surface area contributed by atoms with Crippen molar-refractivity contribution in [1.29, 1.82) is 0 Å². The third-order valence-corrected chi connectivity index (χ3v) is 5.27. The normalized spacial score (nSPS) is 21.3. The van der Waals surface area contributed by atoms with Crippen LogP contribution < -0.4 is 27.0 Å². The van der Waals surface area contributed by atoms with E-state index in [2.05, 4.69) is 21.3 Å². The molecule has 1 heterocycles. The van der Waals surface area contributed by atoms with Crippen LogP contribution in [0.15, 0.2) is 12.1 Å². The average molecular weight is 548 g/mol. The lowest BCUT2D eigenvalue weighted by Crippen LogP contribution is -2.55. The maximum Gasteiger partial charge on any atom is 0.271 e. The van der Waals surface area contributed by atoms with Gasteiger partial charge in [0.15, 0.2) is 0 Å². The summed E-state index contributed by atoms with van der Waals surface area (Å²) in [4.78, 5) is 59.5. The quantitative estimate of drug-likeness (QED) is 0.150. The fraction of sp³-hybridized carbons (Fsp3) is 0.412. The number of halogens is 1. The van der Waals surface area contributed by atoms with Gasteiger partial charge in [0.1, 0.15) is 12.1 Å². The number of hydrogen-bond donors (Lipinski definition) is 6. The van der Waals surface area contributed by atoms with Gasteiger partial charge in [0.05, 0.1) is 28.8 Å². The Morgan fingerprint density at radius 2 is 1.97 bits per heavy atom.